The quantitative estimate of drug-likeness (QED) is 0.408. The van der Waals surface area contributed by atoms with Gasteiger partial charge in [0.15, 0.2) is 5.82 Å². The van der Waals surface area contributed by atoms with E-state index in [1.54, 1.807) is 16.2 Å². The summed E-state index contributed by atoms with van der Waals surface area (Å²) in [6, 6.07) is 2.04. The normalized spacial score (nSPS) is 18.1. The Labute approximate surface area is 228 Å². The van der Waals surface area contributed by atoms with Gasteiger partial charge in [0.25, 0.3) is 0 Å². The number of halogens is 3. The van der Waals surface area contributed by atoms with Crippen molar-refractivity contribution in [1.29, 1.82) is 0 Å². The number of alkyl halides is 3. The minimum absolute atomic E-state index is 0.0811. The monoisotopic (exact) mass is 567 g/mol. The Morgan fingerprint density at radius 2 is 1.95 bits per heavy atom. The van der Waals surface area contributed by atoms with Crippen LogP contribution in [0.2, 0.25) is 0 Å². The molecule has 3 aromatic rings. The van der Waals surface area contributed by atoms with Crippen molar-refractivity contribution >= 4 is 33.5 Å². The van der Waals surface area contributed by atoms with Crippen LogP contribution in [0, 0.1) is 0 Å². The summed E-state index contributed by atoms with van der Waals surface area (Å²) < 4.78 is 52.7. The third-order valence-corrected chi connectivity index (χ3v) is 7.70. The lowest BCUT2D eigenvalue weighted by atomic mass is 10.2. The molecule has 2 aliphatic heterocycles. The zero-order chi connectivity index (χ0) is 27.9. The first kappa shape index (κ1) is 27.4. The average molecular weight is 568 g/mol. The van der Waals surface area contributed by atoms with Crippen molar-refractivity contribution in [2.75, 3.05) is 24.6 Å². The summed E-state index contributed by atoms with van der Waals surface area (Å²) in [5, 5.41) is 8.02. The van der Waals surface area contributed by atoms with Crippen molar-refractivity contribution in [1.82, 2.24) is 29.6 Å². The number of carbonyl (C=O) groups is 1. The highest BCUT2D eigenvalue weighted by Crippen LogP contribution is 2.36. The molecule has 1 atom stereocenters. The molecule has 5 rings (SSSR count). The number of fused-ring (bicyclic) bond motifs is 2. The summed E-state index contributed by atoms with van der Waals surface area (Å²) in [5.41, 5.74) is -0.594. The van der Waals surface area contributed by atoms with E-state index in [1.807, 2.05) is 31.7 Å². The number of aromatic nitrogens is 5. The van der Waals surface area contributed by atoms with Crippen LogP contribution in [0.3, 0.4) is 0 Å². The summed E-state index contributed by atoms with van der Waals surface area (Å²) in [6.07, 6.45) is -1.47. The van der Waals surface area contributed by atoms with Crippen LogP contribution in [0.5, 0.6) is 6.01 Å². The lowest BCUT2D eigenvalue weighted by Gasteiger charge is -2.30. The van der Waals surface area contributed by atoms with Crippen LogP contribution < -0.4 is 9.64 Å². The molecule has 10 nitrogen and oxygen atoms in total. The second-order valence-corrected chi connectivity index (χ2v) is 11.9. The maximum absolute atomic E-state index is 13.3. The molecule has 0 bridgehead atoms. The average Bonchev–Trinajstić information content (AvgIpc) is 3.58. The first-order valence-electron chi connectivity index (χ1n) is 13.1. The van der Waals surface area contributed by atoms with Crippen LogP contribution in [-0.2, 0) is 30.4 Å². The molecule has 0 aromatic carbocycles. The number of ether oxygens (including phenoxy) is 2. The molecule has 0 spiro atoms. The molecule has 1 fully saturated rings. The third-order valence-electron chi connectivity index (χ3n) is 6.62. The molecule has 0 N–H and O–H groups in total. The van der Waals surface area contributed by atoms with E-state index in [1.165, 1.54) is 0 Å². The topological polar surface area (TPSA) is 98.5 Å². The zero-order valence-electron chi connectivity index (χ0n) is 22.4. The molecule has 14 heteroatoms. The van der Waals surface area contributed by atoms with Gasteiger partial charge in [-0.1, -0.05) is 13.3 Å². The summed E-state index contributed by atoms with van der Waals surface area (Å²) in [4.78, 5) is 27.5. The van der Waals surface area contributed by atoms with Crippen LogP contribution in [0.1, 0.15) is 63.5 Å². The van der Waals surface area contributed by atoms with Gasteiger partial charge in [-0.3, -0.25) is 0 Å². The van der Waals surface area contributed by atoms with Crippen molar-refractivity contribution in [2.24, 2.45) is 0 Å². The number of hydrogen-bond donors (Lipinski definition) is 0. The van der Waals surface area contributed by atoms with Gasteiger partial charge in [0.2, 0.25) is 5.82 Å². The van der Waals surface area contributed by atoms with Gasteiger partial charge in [-0.15, -0.1) is 21.5 Å². The molecule has 0 radical (unpaired) electrons. The largest absolute Gasteiger partial charge is 0.461 e. The molecule has 212 valence electrons. The fourth-order valence-corrected chi connectivity index (χ4v) is 6.02. The smallest absolute Gasteiger partial charge is 0.451 e. The van der Waals surface area contributed by atoms with Crippen molar-refractivity contribution < 1.29 is 27.4 Å². The van der Waals surface area contributed by atoms with Gasteiger partial charge in [-0.05, 0) is 46.1 Å². The second kappa shape index (κ2) is 10.4. The Morgan fingerprint density at radius 1 is 1.15 bits per heavy atom. The molecule has 0 unspecified atom stereocenters. The number of nitrogens with zero attached hydrogens (tertiary/aromatic N) is 7. The van der Waals surface area contributed by atoms with Crippen molar-refractivity contribution in [3.8, 4) is 6.01 Å². The Kier molecular flexibility index (Phi) is 7.33. The van der Waals surface area contributed by atoms with E-state index < -0.39 is 17.6 Å². The first-order chi connectivity index (χ1) is 18.4. The molecule has 3 aromatic heterocycles. The van der Waals surface area contributed by atoms with Gasteiger partial charge >= 0.3 is 18.3 Å². The summed E-state index contributed by atoms with van der Waals surface area (Å²) in [5.74, 6) is -0.168. The van der Waals surface area contributed by atoms with Crippen LogP contribution in [0.25, 0.3) is 10.2 Å². The van der Waals surface area contributed by atoms with Gasteiger partial charge in [-0.2, -0.15) is 23.1 Å². The van der Waals surface area contributed by atoms with Gasteiger partial charge in [0.05, 0.1) is 18.0 Å². The Morgan fingerprint density at radius 3 is 2.67 bits per heavy atom. The standard InChI is InChI=1S/C25H32F3N7O3S/c1-5-7-16-12-17-19(33-10-11-35-18(13-33)31-32-21(35)25(26,27)28)29-22(30-20(17)39-16)37-14-15-8-6-9-34(15)23(36)38-24(2,3)4/h12,15H,5-11,13-14H2,1-4H3/t15-/m0/s1. The van der Waals surface area contributed by atoms with E-state index in [0.717, 1.165) is 45.3 Å². The number of likely N-dealkylation sites (tertiary alicyclic amines) is 1. The van der Waals surface area contributed by atoms with Crippen molar-refractivity contribution in [3.05, 3.63) is 22.6 Å². The Bertz CT molecular complexity index is 1350. The molecule has 39 heavy (non-hydrogen) atoms. The molecule has 5 heterocycles. The molecule has 2 aliphatic rings. The molecular formula is C25H32F3N7O3S. The van der Waals surface area contributed by atoms with E-state index in [9.17, 15) is 18.0 Å². The summed E-state index contributed by atoms with van der Waals surface area (Å²) >= 11 is 1.55. The molecular weight excluding hydrogens is 535 g/mol. The molecule has 0 aliphatic carbocycles. The van der Waals surface area contributed by atoms with Crippen LogP contribution in [-0.4, -0.2) is 67.1 Å². The van der Waals surface area contributed by atoms with Crippen LogP contribution in [0.4, 0.5) is 23.8 Å². The van der Waals surface area contributed by atoms with Crippen LogP contribution in [0.15, 0.2) is 6.07 Å². The number of amides is 1. The SMILES string of the molecule is CCCc1cc2c(N3CCn4c(nnc4C(F)(F)F)C3)nc(OC[C@@H]3CCCN3C(=O)OC(C)(C)C)nc2s1. The summed E-state index contributed by atoms with van der Waals surface area (Å²) in [6.45, 7) is 8.90. The summed E-state index contributed by atoms with van der Waals surface area (Å²) in [7, 11) is 0. The zero-order valence-corrected chi connectivity index (χ0v) is 23.2. The number of hydrogen-bond acceptors (Lipinski definition) is 9. The highest BCUT2D eigenvalue weighted by Gasteiger charge is 2.40. The lowest BCUT2D eigenvalue weighted by Crippen LogP contribution is -2.42. The number of carbonyl (C=O) groups excluding carboxylic acids is 1. The van der Waals surface area contributed by atoms with Gasteiger partial charge in [-0.25, -0.2) is 4.79 Å². The number of thiophene rings is 1. The molecule has 1 amide bonds. The van der Waals surface area contributed by atoms with Gasteiger partial charge in [0, 0.05) is 24.5 Å². The van der Waals surface area contributed by atoms with Gasteiger partial charge < -0.3 is 23.8 Å². The highest BCUT2D eigenvalue weighted by atomic mass is 32.1. The fourth-order valence-electron chi connectivity index (χ4n) is 4.90. The minimum atomic E-state index is -4.56. The Hall–Kier alpha value is -3.16. The third kappa shape index (κ3) is 5.89. The maximum Gasteiger partial charge on any atom is 0.451 e. The van der Waals surface area contributed by atoms with E-state index >= 15 is 0 Å². The number of aryl methyl sites for hydroxylation is 1. The maximum atomic E-state index is 13.3. The lowest BCUT2D eigenvalue weighted by molar-refractivity contribution is -0.147. The first-order valence-corrected chi connectivity index (χ1v) is 13.9. The van der Waals surface area contributed by atoms with Crippen LogP contribution >= 0.6 is 11.3 Å². The number of anilines is 1. The molecule has 1 saturated heterocycles. The van der Waals surface area contributed by atoms with E-state index in [-0.39, 0.29) is 43.7 Å². The fraction of sp³-hybridized carbons (Fsp3) is 0.640. The highest BCUT2D eigenvalue weighted by molar-refractivity contribution is 7.18. The van der Waals surface area contributed by atoms with E-state index in [2.05, 4.69) is 22.1 Å². The predicted molar refractivity (Wildman–Crippen MR) is 139 cm³/mol. The van der Waals surface area contributed by atoms with Crippen molar-refractivity contribution in [2.45, 2.75) is 84.3 Å². The van der Waals surface area contributed by atoms with Gasteiger partial charge in [0.1, 0.15) is 22.9 Å². The minimum Gasteiger partial charge on any atom is -0.461 e. The van der Waals surface area contributed by atoms with E-state index in [4.69, 9.17) is 14.5 Å². The number of rotatable bonds is 6. The Balaban J connectivity index is 1.39. The second-order valence-electron chi connectivity index (χ2n) is 10.8. The predicted octanol–water partition coefficient (Wildman–Crippen LogP) is 5.05. The van der Waals surface area contributed by atoms with Crippen molar-refractivity contribution in [3.63, 3.8) is 0 Å². The molecule has 0 saturated carbocycles. The van der Waals surface area contributed by atoms with E-state index in [0.29, 0.717) is 18.9 Å².